The van der Waals surface area contributed by atoms with Crippen molar-refractivity contribution >= 4 is 17.5 Å². The quantitative estimate of drug-likeness (QED) is 0.549. The first-order valence-corrected chi connectivity index (χ1v) is 13.1. The molecule has 2 atom stereocenters. The van der Waals surface area contributed by atoms with Crippen molar-refractivity contribution in [1.29, 1.82) is 0 Å². The zero-order valence-corrected chi connectivity index (χ0v) is 21.7. The molecule has 0 spiro atoms. The number of hydrogen-bond acceptors (Lipinski definition) is 7. The Morgan fingerprint density at radius 2 is 1.68 bits per heavy atom. The predicted octanol–water partition coefficient (Wildman–Crippen LogP) is 4.77. The summed E-state index contributed by atoms with van der Waals surface area (Å²) in [4.78, 5) is 31.4. The summed E-state index contributed by atoms with van der Waals surface area (Å²) in [5.74, 6) is 0.143. The van der Waals surface area contributed by atoms with Crippen LogP contribution in [0.25, 0.3) is 0 Å². The molecule has 3 aliphatic rings. The SMILES string of the molecule is CCOC(=O)C1=NC(c2ccc(OC)cc2)C2=C1CNC(c1ccc(C3(OC)CCCCC3)cc1)C2=O. The third kappa shape index (κ3) is 4.62. The summed E-state index contributed by atoms with van der Waals surface area (Å²) in [7, 11) is 3.40. The van der Waals surface area contributed by atoms with Crippen LogP contribution in [0, 0.1) is 0 Å². The van der Waals surface area contributed by atoms with Crippen LogP contribution in [0.3, 0.4) is 0 Å². The molecule has 2 aromatic carbocycles. The topological polar surface area (TPSA) is 86.2 Å². The van der Waals surface area contributed by atoms with Gasteiger partial charge in [0.1, 0.15) is 17.5 Å². The molecule has 5 rings (SSSR count). The fourth-order valence-corrected chi connectivity index (χ4v) is 5.86. The van der Waals surface area contributed by atoms with E-state index in [1.54, 1.807) is 21.1 Å². The van der Waals surface area contributed by atoms with Crippen molar-refractivity contribution in [3.8, 4) is 5.75 Å². The van der Waals surface area contributed by atoms with E-state index < -0.39 is 18.1 Å². The van der Waals surface area contributed by atoms with Gasteiger partial charge in [-0.05, 0) is 48.6 Å². The molecule has 7 nitrogen and oxygen atoms in total. The molecule has 37 heavy (non-hydrogen) atoms. The third-order valence-electron chi connectivity index (χ3n) is 7.88. The molecule has 1 saturated carbocycles. The number of esters is 1. The summed E-state index contributed by atoms with van der Waals surface area (Å²) in [6.45, 7) is 2.36. The number of aliphatic imine (C=N–C) groups is 1. The van der Waals surface area contributed by atoms with Gasteiger partial charge in [0.15, 0.2) is 5.78 Å². The second-order valence-corrected chi connectivity index (χ2v) is 9.83. The van der Waals surface area contributed by atoms with Crippen LogP contribution < -0.4 is 10.1 Å². The van der Waals surface area contributed by atoms with Gasteiger partial charge in [0.05, 0.1) is 25.4 Å². The Morgan fingerprint density at radius 3 is 2.30 bits per heavy atom. The number of carbonyl (C=O) groups is 2. The first kappa shape index (κ1) is 25.4. The van der Waals surface area contributed by atoms with Gasteiger partial charge in [-0.25, -0.2) is 4.79 Å². The standard InChI is InChI=1S/C30H34N2O5/c1-4-37-29(34)27-23-18-31-26(20-8-12-21(13-9-20)30(36-3)16-6-5-7-17-30)28(33)24(23)25(32-27)19-10-14-22(35-2)15-11-19/h8-15,25-26,31H,4-7,16-18H2,1-3H3. The van der Waals surface area contributed by atoms with Crippen molar-refractivity contribution in [2.45, 2.75) is 56.7 Å². The lowest BCUT2D eigenvalue weighted by Gasteiger charge is -2.36. The molecule has 194 valence electrons. The minimum Gasteiger partial charge on any atom is -0.497 e. The molecule has 7 heteroatoms. The second kappa shape index (κ2) is 10.6. The van der Waals surface area contributed by atoms with E-state index in [9.17, 15) is 9.59 Å². The number of ketones is 1. The van der Waals surface area contributed by atoms with E-state index in [0.717, 1.165) is 42.4 Å². The Balaban J connectivity index is 1.46. The van der Waals surface area contributed by atoms with Gasteiger partial charge in [-0.2, -0.15) is 0 Å². The number of nitrogens with zero attached hydrogens (tertiary/aromatic N) is 1. The highest BCUT2D eigenvalue weighted by Crippen LogP contribution is 2.42. The molecule has 1 N–H and O–H groups in total. The number of methoxy groups -OCH3 is 2. The van der Waals surface area contributed by atoms with Crippen molar-refractivity contribution < 1.29 is 23.8 Å². The molecule has 2 aliphatic heterocycles. The molecule has 0 bridgehead atoms. The predicted molar refractivity (Wildman–Crippen MR) is 141 cm³/mol. The van der Waals surface area contributed by atoms with Crippen molar-refractivity contribution in [3.05, 3.63) is 76.4 Å². The number of nitrogens with one attached hydrogen (secondary N) is 1. The number of carbonyl (C=O) groups excluding carboxylic acids is 2. The largest absolute Gasteiger partial charge is 0.497 e. The highest BCUT2D eigenvalue weighted by atomic mass is 16.5. The van der Waals surface area contributed by atoms with Crippen molar-refractivity contribution in [3.63, 3.8) is 0 Å². The Hall–Kier alpha value is -3.29. The van der Waals surface area contributed by atoms with E-state index in [-0.39, 0.29) is 23.7 Å². The van der Waals surface area contributed by atoms with Gasteiger partial charge in [-0.1, -0.05) is 55.7 Å². The number of hydrogen-bond donors (Lipinski definition) is 1. The Kier molecular flexibility index (Phi) is 7.26. The normalized spacial score (nSPS) is 22.9. The van der Waals surface area contributed by atoms with E-state index in [4.69, 9.17) is 19.2 Å². The third-order valence-corrected chi connectivity index (χ3v) is 7.88. The smallest absolute Gasteiger partial charge is 0.356 e. The summed E-state index contributed by atoms with van der Waals surface area (Å²) < 4.78 is 16.5. The van der Waals surface area contributed by atoms with Crippen LogP contribution >= 0.6 is 0 Å². The molecule has 0 radical (unpaired) electrons. The maximum Gasteiger partial charge on any atom is 0.356 e. The Labute approximate surface area is 217 Å². The Bertz CT molecular complexity index is 1220. The van der Waals surface area contributed by atoms with E-state index in [2.05, 4.69) is 17.4 Å². The van der Waals surface area contributed by atoms with E-state index >= 15 is 0 Å². The molecular formula is C30H34N2O5. The molecule has 2 unspecified atom stereocenters. The molecule has 0 amide bonds. The molecule has 0 saturated heterocycles. The first-order valence-electron chi connectivity index (χ1n) is 13.1. The van der Waals surface area contributed by atoms with E-state index in [0.29, 0.717) is 23.4 Å². The number of Topliss-reactive ketones (excluding diaryl/α,β-unsaturated/α-hetero) is 1. The second-order valence-electron chi connectivity index (χ2n) is 9.83. The van der Waals surface area contributed by atoms with E-state index in [1.807, 2.05) is 36.4 Å². The zero-order valence-electron chi connectivity index (χ0n) is 21.7. The number of ether oxygens (including phenoxy) is 3. The van der Waals surface area contributed by atoms with Crippen molar-refractivity contribution in [2.24, 2.45) is 4.99 Å². The van der Waals surface area contributed by atoms with Crippen LogP contribution in [-0.2, 0) is 24.7 Å². The lowest BCUT2D eigenvalue weighted by molar-refractivity contribution is -0.135. The van der Waals surface area contributed by atoms with Crippen LogP contribution in [0.4, 0.5) is 0 Å². The highest BCUT2D eigenvalue weighted by molar-refractivity contribution is 6.45. The fraction of sp³-hybridized carbons (Fsp3) is 0.433. The van der Waals surface area contributed by atoms with Gasteiger partial charge in [0.25, 0.3) is 0 Å². The van der Waals surface area contributed by atoms with E-state index in [1.165, 1.54) is 6.42 Å². The van der Waals surface area contributed by atoms with Gasteiger partial charge < -0.3 is 14.2 Å². The Morgan fingerprint density at radius 1 is 1.00 bits per heavy atom. The number of rotatable bonds is 7. The molecule has 1 aliphatic carbocycles. The van der Waals surface area contributed by atoms with Gasteiger partial charge in [-0.15, -0.1) is 0 Å². The lowest BCUT2D eigenvalue weighted by Crippen LogP contribution is -2.39. The summed E-state index contributed by atoms with van der Waals surface area (Å²) in [6.07, 6.45) is 5.58. The van der Waals surface area contributed by atoms with Gasteiger partial charge >= 0.3 is 5.97 Å². The fourth-order valence-electron chi connectivity index (χ4n) is 5.86. The van der Waals surface area contributed by atoms with Crippen LogP contribution in [0.2, 0.25) is 0 Å². The first-order chi connectivity index (χ1) is 18.0. The lowest BCUT2D eigenvalue weighted by atomic mass is 9.78. The molecular weight excluding hydrogens is 468 g/mol. The zero-order chi connectivity index (χ0) is 26.0. The van der Waals surface area contributed by atoms with Gasteiger partial charge in [-0.3, -0.25) is 15.1 Å². The van der Waals surface area contributed by atoms with Crippen molar-refractivity contribution in [2.75, 3.05) is 27.4 Å². The summed E-state index contributed by atoms with van der Waals surface area (Å²) in [5, 5.41) is 3.35. The van der Waals surface area contributed by atoms with Gasteiger partial charge in [0.2, 0.25) is 0 Å². The monoisotopic (exact) mass is 502 g/mol. The molecule has 1 fully saturated rings. The summed E-state index contributed by atoms with van der Waals surface area (Å²) in [5.41, 5.74) is 4.04. The van der Waals surface area contributed by atoms with Crippen LogP contribution in [0.1, 0.15) is 67.8 Å². The number of benzene rings is 2. The summed E-state index contributed by atoms with van der Waals surface area (Å²) in [6, 6.07) is 14.6. The van der Waals surface area contributed by atoms with Crippen LogP contribution in [0.5, 0.6) is 5.75 Å². The van der Waals surface area contributed by atoms with Gasteiger partial charge in [0, 0.05) is 24.8 Å². The maximum absolute atomic E-state index is 14.0. The van der Waals surface area contributed by atoms with Crippen LogP contribution in [-0.4, -0.2) is 44.8 Å². The average Bonchev–Trinajstić information content (AvgIpc) is 3.35. The maximum atomic E-state index is 14.0. The molecule has 0 aromatic heterocycles. The summed E-state index contributed by atoms with van der Waals surface area (Å²) >= 11 is 0. The van der Waals surface area contributed by atoms with Crippen LogP contribution in [0.15, 0.2) is 64.7 Å². The molecule has 2 aromatic rings. The highest BCUT2D eigenvalue weighted by Gasteiger charge is 2.43. The minimum atomic E-state index is -0.560. The molecule has 2 heterocycles. The average molecular weight is 503 g/mol. The minimum absolute atomic E-state index is 0.0722. The van der Waals surface area contributed by atoms with Crippen molar-refractivity contribution in [1.82, 2.24) is 5.32 Å².